The molecule has 4 nitrogen and oxygen atoms in total. The van der Waals surface area contributed by atoms with E-state index in [4.69, 9.17) is 14.4 Å². The van der Waals surface area contributed by atoms with E-state index in [0.717, 1.165) is 61.3 Å². The summed E-state index contributed by atoms with van der Waals surface area (Å²) in [4.78, 5) is 9.66. The number of aromatic nitrogens is 3. The molecule has 0 spiro atoms. The summed E-state index contributed by atoms with van der Waals surface area (Å²) in [6.07, 6.45) is 2.07. The van der Waals surface area contributed by atoms with Gasteiger partial charge < -0.3 is 14.0 Å². The third-order valence-corrected chi connectivity index (χ3v) is 10.9. The fourth-order valence-corrected chi connectivity index (χ4v) is 7.97. The molecule has 6 aromatic carbocycles. The van der Waals surface area contributed by atoms with Crippen molar-refractivity contribution >= 4 is 46.2 Å². The van der Waals surface area contributed by atoms with E-state index in [1.54, 1.807) is 0 Å². The van der Waals surface area contributed by atoms with Crippen molar-refractivity contribution in [2.75, 3.05) is 0 Å². The summed E-state index contributed by atoms with van der Waals surface area (Å²) < 4.78 is 8.41. The second-order valence-electron chi connectivity index (χ2n) is 13.3. The minimum atomic E-state index is -1.46. The number of imidazole rings is 1. The van der Waals surface area contributed by atoms with Crippen LogP contribution in [0.5, 0.6) is 0 Å². The molecular formula is C45H35IrN3OSi-2. The molecule has 6 heteroatoms. The van der Waals surface area contributed by atoms with Crippen LogP contribution < -0.4 is 5.19 Å². The molecule has 0 atom stereocenters. The Kier molecular flexibility index (Phi) is 9.66. The van der Waals surface area contributed by atoms with Gasteiger partial charge in [-0.3, -0.25) is 4.98 Å². The Balaban J connectivity index is 0.000000161. The summed E-state index contributed by atoms with van der Waals surface area (Å²) in [5.74, 6) is 0.831. The number of hydrogen-bond donors (Lipinski definition) is 0. The molecule has 0 saturated carbocycles. The fraction of sp³-hybridized carbons (Fsp3) is 0.0667. The van der Waals surface area contributed by atoms with Gasteiger partial charge in [0, 0.05) is 37.4 Å². The van der Waals surface area contributed by atoms with Gasteiger partial charge in [-0.2, -0.15) is 0 Å². The van der Waals surface area contributed by atoms with E-state index in [-0.39, 0.29) is 20.1 Å². The SMILES string of the molecule is C[Si](C)(C)c1cnc(-c2[c-]cccc2)cc1-c1ccccc1.[Ir].[c-]1ccc2c(oc3ccccc32)c1-c1nc2ccccc2n1-c1ccccc1. The normalized spacial score (nSPS) is 11.3. The van der Waals surface area contributed by atoms with Crippen molar-refractivity contribution in [2.24, 2.45) is 0 Å². The molecule has 0 amide bonds. The van der Waals surface area contributed by atoms with Crippen LogP contribution in [0, 0.1) is 12.1 Å². The van der Waals surface area contributed by atoms with Gasteiger partial charge in [-0.25, -0.2) is 0 Å². The van der Waals surface area contributed by atoms with Crippen molar-refractivity contribution in [2.45, 2.75) is 19.6 Å². The Labute approximate surface area is 312 Å². The summed E-state index contributed by atoms with van der Waals surface area (Å²) in [7, 11) is -1.46. The summed E-state index contributed by atoms with van der Waals surface area (Å²) >= 11 is 0. The standard InChI is InChI=1S/C25H15N2O.C20H20NSi.Ir/c1-2-9-17(10-3-1)27-22-15-6-5-14-21(22)26-25(27)20-13-8-12-19-18-11-4-7-16-23(18)28-24(19)20;1-22(2,3)20-15-21-19(17-12-8-5-9-13-17)14-18(20)16-10-6-4-7-11-16;/h1-12,14-16H;4-12,14-15H,1-3H3;/q2*-1;. The zero-order chi connectivity index (χ0) is 34.1. The topological polar surface area (TPSA) is 43.9 Å². The minimum absolute atomic E-state index is 0. The molecule has 0 N–H and O–H groups in total. The number of pyridine rings is 1. The molecule has 0 bridgehead atoms. The van der Waals surface area contributed by atoms with Crippen LogP contribution in [0.25, 0.3) is 72.4 Å². The summed E-state index contributed by atoms with van der Waals surface area (Å²) in [6.45, 7) is 7.10. The molecule has 0 aliphatic carbocycles. The van der Waals surface area contributed by atoms with E-state index in [1.165, 1.54) is 16.3 Å². The smallest absolute Gasteiger partial charge is 0.120 e. The number of rotatable bonds is 5. The van der Waals surface area contributed by atoms with Crippen molar-refractivity contribution in [3.05, 3.63) is 170 Å². The van der Waals surface area contributed by atoms with Crippen LogP contribution in [0.2, 0.25) is 19.6 Å². The Morgan fingerprint density at radius 1 is 0.667 bits per heavy atom. The minimum Gasteiger partial charge on any atom is -0.501 e. The number of nitrogens with zero attached hydrogens (tertiary/aromatic N) is 3. The number of para-hydroxylation sites is 4. The third-order valence-electron chi connectivity index (χ3n) is 8.92. The Morgan fingerprint density at radius 3 is 2.14 bits per heavy atom. The van der Waals surface area contributed by atoms with E-state index in [1.807, 2.05) is 78.9 Å². The van der Waals surface area contributed by atoms with Crippen LogP contribution >= 0.6 is 0 Å². The number of benzene rings is 6. The molecule has 3 heterocycles. The number of hydrogen-bond acceptors (Lipinski definition) is 3. The van der Waals surface area contributed by atoms with Crippen molar-refractivity contribution < 1.29 is 24.5 Å². The molecule has 0 unspecified atom stereocenters. The maximum Gasteiger partial charge on any atom is 0.120 e. The monoisotopic (exact) mass is 854 g/mol. The second-order valence-corrected chi connectivity index (χ2v) is 18.3. The van der Waals surface area contributed by atoms with Gasteiger partial charge in [0.25, 0.3) is 0 Å². The number of furan rings is 1. The zero-order valence-corrected chi connectivity index (χ0v) is 32.0. The van der Waals surface area contributed by atoms with Gasteiger partial charge in [0.2, 0.25) is 0 Å². The van der Waals surface area contributed by atoms with Crippen LogP contribution in [0.15, 0.2) is 162 Å². The van der Waals surface area contributed by atoms with Crippen LogP contribution in [0.3, 0.4) is 0 Å². The Bertz CT molecular complexity index is 2570. The molecular weight excluding hydrogens is 819 g/mol. The largest absolute Gasteiger partial charge is 0.501 e. The fourth-order valence-electron chi connectivity index (χ4n) is 6.50. The first-order valence-electron chi connectivity index (χ1n) is 16.8. The first-order chi connectivity index (χ1) is 24.5. The van der Waals surface area contributed by atoms with E-state index < -0.39 is 8.07 Å². The van der Waals surface area contributed by atoms with Gasteiger partial charge in [-0.1, -0.05) is 116 Å². The molecule has 0 aliphatic rings. The molecule has 9 rings (SSSR count). The maximum atomic E-state index is 6.24. The predicted molar refractivity (Wildman–Crippen MR) is 210 cm³/mol. The van der Waals surface area contributed by atoms with Crippen LogP contribution in [-0.4, -0.2) is 22.6 Å². The predicted octanol–water partition coefficient (Wildman–Crippen LogP) is 11.2. The average molecular weight is 854 g/mol. The van der Waals surface area contributed by atoms with Gasteiger partial charge in [-0.15, -0.1) is 54.1 Å². The average Bonchev–Trinajstić information content (AvgIpc) is 3.75. The first-order valence-corrected chi connectivity index (χ1v) is 20.3. The first kappa shape index (κ1) is 34.1. The van der Waals surface area contributed by atoms with Crippen LogP contribution in [0.4, 0.5) is 0 Å². The summed E-state index contributed by atoms with van der Waals surface area (Å²) in [6, 6.07) is 58.1. The second kappa shape index (κ2) is 14.5. The molecule has 9 aromatic rings. The van der Waals surface area contributed by atoms with Crippen LogP contribution in [-0.2, 0) is 20.1 Å². The molecule has 1 radical (unpaired) electrons. The van der Waals surface area contributed by atoms with E-state index in [0.29, 0.717) is 0 Å². The van der Waals surface area contributed by atoms with Gasteiger partial charge in [-0.05, 0) is 52.3 Å². The maximum absolute atomic E-state index is 6.24. The number of fused-ring (bicyclic) bond motifs is 4. The Morgan fingerprint density at radius 2 is 1.37 bits per heavy atom. The van der Waals surface area contributed by atoms with Crippen molar-refractivity contribution in [3.8, 4) is 39.5 Å². The van der Waals surface area contributed by atoms with Gasteiger partial charge >= 0.3 is 0 Å². The summed E-state index contributed by atoms with van der Waals surface area (Å²) in [5, 5.41) is 3.59. The van der Waals surface area contributed by atoms with Gasteiger partial charge in [0.05, 0.1) is 30.5 Å². The van der Waals surface area contributed by atoms with E-state index in [2.05, 4.69) is 115 Å². The molecule has 0 aliphatic heterocycles. The molecule has 0 fully saturated rings. The van der Waals surface area contributed by atoms with Crippen molar-refractivity contribution in [1.29, 1.82) is 0 Å². The quantitative estimate of drug-likeness (QED) is 0.128. The third kappa shape index (κ3) is 6.74. The molecule has 51 heavy (non-hydrogen) atoms. The van der Waals surface area contributed by atoms with Crippen LogP contribution in [0.1, 0.15) is 0 Å². The van der Waals surface area contributed by atoms with Crippen molar-refractivity contribution in [1.82, 2.24) is 14.5 Å². The van der Waals surface area contributed by atoms with Crippen molar-refractivity contribution in [3.63, 3.8) is 0 Å². The molecule has 3 aromatic heterocycles. The zero-order valence-electron chi connectivity index (χ0n) is 28.6. The van der Waals surface area contributed by atoms with Gasteiger partial charge in [0.1, 0.15) is 5.58 Å². The summed E-state index contributed by atoms with van der Waals surface area (Å²) in [5.41, 5.74) is 10.2. The molecule has 0 saturated heterocycles. The van der Waals surface area contributed by atoms with Gasteiger partial charge in [0.15, 0.2) is 0 Å². The molecule has 251 valence electrons. The van der Waals surface area contributed by atoms with E-state index >= 15 is 0 Å². The Hall–Kier alpha value is -5.39. The van der Waals surface area contributed by atoms with E-state index in [9.17, 15) is 0 Å².